The predicted octanol–water partition coefficient (Wildman–Crippen LogP) is 3.25. The van der Waals surface area contributed by atoms with Gasteiger partial charge in [0.1, 0.15) is 5.78 Å². The second-order valence-corrected chi connectivity index (χ2v) is 6.87. The van der Waals surface area contributed by atoms with Crippen LogP contribution in [-0.2, 0) is 9.59 Å². The van der Waals surface area contributed by atoms with Gasteiger partial charge in [-0.3, -0.25) is 9.59 Å². The number of carbonyl (C=O) groups is 2. The van der Waals surface area contributed by atoms with Crippen molar-refractivity contribution in [2.45, 2.75) is 76.9 Å². The standard InChI is InChI=1S/C20H32O5/c1-2-3-6-10-16-17(19(23)14-18(16)22)13-12-15(21)9-7-4-5-8-11-20(24)25/h4,7,12-13,15-18,21-22H,2-3,5-6,8-11,14H2,1H3,(H,24,25)/b7-4-,13-12+/t15-,16-,17+,18-/m1/s1. The Morgan fingerprint density at radius 3 is 2.72 bits per heavy atom. The van der Waals surface area contributed by atoms with Gasteiger partial charge in [-0.25, -0.2) is 0 Å². The zero-order chi connectivity index (χ0) is 18.7. The van der Waals surface area contributed by atoms with E-state index in [1.165, 1.54) is 0 Å². The smallest absolute Gasteiger partial charge is 0.303 e. The molecular weight excluding hydrogens is 320 g/mol. The first kappa shape index (κ1) is 21.6. The number of hydrogen-bond acceptors (Lipinski definition) is 4. The largest absolute Gasteiger partial charge is 0.481 e. The van der Waals surface area contributed by atoms with Crippen LogP contribution in [0.2, 0.25) is 0 Å². The Hall–Kier alpha value is -1.46. The highest BCUT2D eigenvalue weighted by atomic mass is 16.4. The Labute approximate surface area is 150 Å². The maximum atomic E-state index is 12.1. The molecule has 1 saturated carbocycles. The van der Waals surface area contributed by atoms with Crippen molar-refractivity contribution in [3.05, 3.63) is 24.3 Å². The van der Waals surface area contributed by atoms with E-state index in [1.807, 2.05) is 12.2 Å². The number of rotatable bonds is 12. The van der Waals surface area contributed by atoms with Gasteiger partial charge in [-0.15, -0.1) is 0 Å². The molecule has 142 valence electrons. The molecule has 5 nitrogen and oxygen atoms in total. The number of aliphatic hydroxyl groups is 2. The lowest BCUT2D eigenvalue weighted by Crippen LogP contribution is -2.19. The molecule has 0 bridgehead atoms. The van der Waals surface area contributed by atoms with Crippen LogP contribution in [-0.4, -0.2) is 39.3 Å². The summed E-state index contributed by atoms with van der Waals surface area (Å²) in [5, 5.41) is 28.6. The fourth-order valence-electron chi connectivity index (χ4n) is 3.27. The highest BCUT2D eigenvalue weighted by Crippen LogP contribution is 2.34. The molecule has 0 aromatic rings. The van der Waals surface area contributed by atoms with Gasteiger partial charge in [0.2, 0.25) is 0 Å². The number of carboxylic acid groups (broad SMARTS) is 1. The van der Waals surface area contributed by atoms with Crippen molar-refractivity contribution < 1.29 is 24.9 Å². The number of ketones is 1. The number of unbranched alkanes of at least 4 members (excludes halogenated alkanes) is 3. The number of carbonyl (C=O) groups excluding carboxylic acids is 1. The van der Waals surface area contributed by atoms with Crippen molar-refractivity contribution in [1.29, 1.82) is 0 Å². The Kier molecular flexibility index (Phi) is 10.3. The lowest BCUT2D eigenvalue weighted by atomic mass is 9.88. The van der Waals surface area contributed by atoms with Crippen molar-refractivity contribution in [2.75, 3.05) is 0 Å². The summed E-state index contributed by atoms with van der Waals surface area (Å²) >= 11 is 0. The molecule has 5 heteroatoms. The molecule has 0 spiro atoms. The van der Waals surface area contributed by atoms with Crippen LogP contribution in [0.25, 0.3) is 0 Å². The van der Waals surface area contributed by atoms with E-state index < -0.39 is 18.2 Å². The van der Waals surface area contributed by atoms with E-state index >= 15 is 0 Å². The molecule has 0 saturated heterocycles. The quantitative estimate of drug-likeness (QED) is 0.370. The second kappa shape index (κ2) is 12.0. The molecule has 0 aromatic carbocycles. The first-order valence-corrected chi connectivity index (χ1v) is 9.39. The molecule has 0 radical (unpaired) electrons. The van der Waals surface area contributed by atoms with E-state index in [1.54, 1.807) is 12.2 Å². The Bertz CT molecular complexity index is 469. The summed E-state index contributed by atoms with van der Waals surface area (Å²) in [5.41, 5.74) is 0. The minimum atomic E-state index is -0.798. The van der Waals surface area contributed by atoms with Crippen molar-refractivity contribution in [2.24, 2.45) is 11.8 Å². The normalized spacial score (nSPS) is 25.2. The molecule has 0 amide bonds. The Morgan fingerprint density at radius 2 is 2.04 bits per heavy atom. The molecule has 1 rings (SSSR count). The molecule has 1 aliphatic rings. The summed E-state index contributed by atoms with van der Waals surface area (Å²) in [5.74, 6) is -1.06. The topological polar surface area (TPSA) is 94.8 Å². The van der Waals surface area contributed by atoms with Gasteiger partial charge in [-0.1, -0.05) is 50.5 Å². The average Bonchev–Trinajstić information content (AvgIpc) is 2.82. The number of hydrogen-bond donors (Lipinski definition) is 3. The third kappa shape index (κ3) is 8.45. The molecule has 25 heavy (non-hydrogen) atoms. The molecule has 0 unspecified atom stereocenters. The van der Waals surface area contributed by atoms with Gasteiger partial charge in [0.25, 0.3) is 0 Å². The van der Waals surface area contributed by atoms with Crippen molar-refractivity contribution in [3.8, 4) is 0 Å². The van der Waals surface area contributed by atoms with E-state index in [9.17, 15) is 19.8 Å². The maximum Gasteiger partial charge on any atom is 0.303 e. The summed E-state index contributed by atoms with van der Waals surface area (Å²) in [6.45, 7) is 2.12. The molecule has 3 N–H and O–H groups in total. The van der Waals surface area contributed by atoms with Crippen LogP contribution in [0.15, 0.2) is 24.3 Å². The van der Waals surface area contributed by atoms with E-state index in [2.05, 4.69) is 6.92 Å². The van der Waals surface area contributed by atoms with Crippen molar-refractivity contribution >= 4 is 11.8 Å². The van der Waals surface area contributed by atoms with E-state index in [0.717, 1.165) is 25.7 Å². The van der Waals surface area contributed by atoms with Gasteiger partial charge in [0.15, 0.2) is 0 Å². The third-order valence-corrected chi connectivity index (χ3v) is 4.72. The molecule has 4 atom stereocenters. The van der Waals surface area contributed by atoms with Crippen LogP contribution in [0.1, 0.15) is 64.7 Å². The fourth-order valence-corrected chi connectivity index (χ4v) is 3.27. The zero-order valence-electron chi connectivity index (χ0n) is 15.1. The molecule has 1 fully saturated rings. The number of aliphatic carboxylic acids is 1. The van der Waals surface area contributed by atoms with Gasteiger partial charge < -0.3 is 15.3 Å². The summed E-state index contributed by atoms with van der Waals surface area (Å²) in [4.78, 5) is 22.5. The summed E-state index contributed by atoms with van der Waals surface area (Å²) in [7, 11) is 0. The third-order valence-electron chi connectivity index (χ3n) is 4.72. The van der Waals surface area contributed by atoms with Crippen molar-refractivity contribution in [3.63, 3.8) is 0 Å². The number of aliphatic hydroxyl groups excluding tert-OH is 2. The van der Waals surface area contributed by atoms with Crippen LogP contribution in [0, 0.1) is 11.8 Å². The van der Waals surface area contributed by atoms with Crippen LogP contribution < -0.4 is 0 Å². The van der Waals surface area contributed by atoms with Gasteiger partial charge in [-0.05, 0) is 31.6 Å². The zero-order valence-corrected chi connectivity index (χ0v) is 15.1. The molecule has 1 aliphatic carbocycles. The first-order chi connectivity index (χ1) is 12.0. The lowest BCUT2D eigenvalue weighted by Gasteiger charge is -2.18. The number of allylic oxidation sites excluding steroid dienone is 2. The second-order valence-electron chi connectivity index (χ2n) is 6.87. The minimum absolute atomic E-state index is 0.0333. The molecular formula is C20H32O5. The van der Waals surface area contributed by atoms with Crippen LogP contribution >= 0.6 is 0 Å². The van der Waals surface area contributed by atoms with E-state index in [0.29, 0.717) is 19.3 Å². The minimum Gasteiger partial charge on any atom is -0.481 e. The highest BCUT2D eigenvalue weighted by molar-refractivity contribution is 5.85. The first-order valence-electron chi connectivity index (χ1n) is 9.39. The van der Waals surface area contributed by atoms with Crippen molar-refractivity contribution in [1.82, 2.24) is 0 Å². The predicted molar refractivity (Wildman–Crippen MR) is 97.1 cm³/mol. The SMILES string of the molecule is CCCCC[C@H]1[C@H](O)CC(=O)[C@H]1/C=C/[C@H](O)C/C=C\CCCC(=O)O. The Morgan fingerprint density at radius 1 is 1.28 bits per heavy atom. The molecule has 0 heterocycles. The lowest BCUT2D eigenvalue weighted by molar-refractivity contribution is -0.137. The summed E-state index contributed by atoms with van der Waals surface area (Å²) < 4.78 is 0. The highest BCUT2D eigenvalue weighted by Gasteiger charge is 2.39. The summed E-state index contributed by atoms with van der Waals surface area (Å²) in [6.07, 6.45) is 12.0. The van der Waals surface area contributed by atoms with Crippen LogP contribution in [0.4, 0.5) is 0 Å². The Balaban J connectivity index is 2.41. The van der Waals surface area contributed by atoms with Gasteiger partial charge >= 0.3 is 5.97 Å². The average molecular weight is 352 g/mol. The van der Waals surface area contributed by atoms with Gasteiger partial charge in [0, 0.05) is 18.8 Å². The molecule has 0 aliphatic heterocycles. The number of carboxylic acids is 1. The summed E-state index contributed by atoms with van der Waals surface area (Å²) in [6, 6.07) is 0. The maximum absolute atomic E-state index is 12.1. The van der Waals surface area contributed by atoms with E-state index in [4.69, 9.17) is 5.11 Å². The number of Topliss-reactive ketones (excluding diaryl/α,β-unsaturated/α-hetero) is 1. The van der Waals surface area contributed by atoms with E-state index in [-0.39, 0.29) is 30.5 Å². The van der Waals surface area contributed by atoms with Gasteiger partial charge in [0.05, 0.1) is 12.2 Å². The van der Waals surface area contributed by atoms with Crippen LogP contribution in [0.5, 0.6) is 0 Å². The monoisotopic (exact) mass is 352 g/mol. The van der Waals surface area contributed by atoms with Crippen LogP contribution in [0.3, 0.4) is 0 Å². The fraction of sp³-hybridized carbons (Fsp3) is 0.700. The van der Waals surface area contributed by atoms with Gasteiger partial charge in [-0.2, -0.15) is 0 Å². The molecule has 0 aromatic heterocycles.